The van der Waals surface area contributed by atoms with E-state index in [0.29, 0.717) is 0 Å². The van der Waals surface area contributed by atoms with Gasteiger partial charge in [0.2, 0.25) is 0 Å². The molecule has 1 saturated carbocycles. The predicted octanol–water partition coefficient (Wildman–Crippen LogP) is 2.64. The topological polar surface area (TPSA) is 15.3 Å². The molecule has 0 radical (unpaired) electrons. The molecule has 0 amide bonds. The Kier molecular flexibility index (Phi) is 3.67. The van der Waals surface area contributed by atoms with E-state index in [1.165, 1.54) is 43.5 Å². The second-order valence-corrected chi connectivity index (χ2v) is 6.00. The number of nitrogens with one attached hydrogen (secondary N) is 1. The highest BCUT2D eigenvalue weighted by Crippen LogP contribution is 2.38. The van der Waals surface area contributed by atoms with Gasteiger partial charge >= 0.3 is 0 Å². The molecule has 2 heteroatoms. The van der Waals surface area contributed by atoms with Gasteiger partial charge in [0.05, 0.1) is 0 Å². The Hall–Kier alpha value is -0.860. The van der Waals surface area contributed by atoms with Gasteiger partial charge < -0.3 is 5.32 Å². The molecule has 0 spiro atoms. The number of fused-ring (bicyclic) bond motifs is 1. The number of benzene rings is 1. The Balaban J connectivity index is 1.61. The quantitative estimate of drug-likeness (QED) is 0.876. The zero-order valence-electron chi connectivity index (χ0n) is 11.4. The number of hydrogen-bond acceptors (Lipinski definition) is 2. The minimum atomic E-state index is 0.971. The molecule has 1 aromatic rings. The van der Waals surface area contributed by atoms with E-state index in [-0.39, 0.29) is 0 Å². The molecule has 1 saturated heterocycles. The summed E-state index contributed by atoms with van der Waals surface area (Å²) in [5.41, 5.74) is 2.87. The third-order valence-corrected chi connectivity index (χ3v) is 4.58. The number of hydrogen-bond donors (Lipinski definition) is 1. The summed E-state index contributed by atoms with van der Waals surface area (Å²) in [7, 11) is 2.01. The third kappa shape index (κ3) is 2.60. The molecule has 1 aliphatic heterocycles. The van der Waals surface area contributed by atoms with Crippen LogP contribution in [0.4, 0.5) is 0 Å². The zero-order valence-corrected chi connectivity index (χ0v) is 11.4. The lowest BCUT2D eigenvalue weighted by atomic mass is 10.0. The van der Waals surface area contributed by atoms with Gasteiger partial charge in [-0.1, -0.05) is 30.7 Å². The van der Waals surface area contributed by atoms with Crippen LogP contribution in [0.25, 0.3) is 0 Å². The van der Waals surface area contributed by atoms with Crippen molar-refractivity contribution in [3.8, 4) is 0 Å². The standard InChI is InChI=1S/C16H24N2/c1-17-9-13-4-2-5-14(8-13)10-18-11-15-6-3-7-16(15)12-18/h2,4-5,8,15-17H,3,6-7,9-12H2,1H3. The summed E-state index contributed by atoms with van der Waals surface area (Å²) in [6.45, 7) is 4.78. The molecule has 2 fully saturated rings. The maximum Gasteiger partial charge on any atom is 0.0234 e. The molecule has 1 aliphatic carbocycles. The van der Waals surface area contributed by atoms with E-state index >= 15 is 0 Å². The van der Waals surface area contributed by atoms with Crippen molar-refractivity contribution in [3.63, 3.8) is 0 Å². The largest absolute Gasteiger partial charge is 0.316 e. The molecule has 2 atom stereocenters. The highest BCUT2D eigenvalue weighted by Gasteiger charge is 2.35. The Labute approximate surface area is 110 Å². The van der Waals surface area contributed by atoms with Crippen LogP contribution in [0, 0.1) is 11.8 Å². The van der Waals surface area contributed by atoms with E-state index < -0.39 is 0 Å². The fourth-order valence-electron chi connectivity index (χ4n) is 3.76. The van der Waals surface area contributed by atoms with Crippen molar-refractivity contribution in [2.75, 3.05) is 20.1 Å². The van der Waals surface area contributed by atoms with Crippen LogP contribution in [0.3, 0.4) is 0 Å². The molecule has 2 aliphatic rings. The molecule has 1 N–H and O–H groups in total. The van der Waals surface area contributed by atoms with E-state index in [2.05, 4.69) is 34.5 Å². The fourth-order valence-corrected chi connectivity index (χ4v) is 3.76. The van der Waals surface area contributed by atoms with Crippen molar-refractivity contribution in [3.05, 3.63) is 35.4 Å². The lowest BCUT2D eigenvalue weighted by Gasteiger charge is -2.17. The van der Waals surface area contributed by atoms with Crippen molar-refractivity contribution in [2.45, 2.75) is 32.4 Å². The molecule has 18 heavy (non-hydrogen) atoms. The minimum absolute atomic E-state index is 0.971. The van der Waals surface area contributed by atoms with Crippen LogP contribution < -0.4 is 5.32 Å². The summed E-state index contributed by atoms with van der Waals surface area (Å²) in [4.78, 5) is 2.66. The van der Waals surface area contributed by atoms with Crippen LogP contribution in [0.15, 0.2) is 24.3 Å². The average Bonchev–Trinajstić information content (AvgIpc) is 2.90. The Morgan fingerprint density at radius 2 is 1.89 bits per heavy atom. The summed E-state index contributed by atoms with van der Waals surface area (Å²) in [6.07, 6.45) is 4.42. The Morgan fingerprint density at radius 3 is 2.61 bits per heavy atom. The first-order valence-corrected chi connectivity index (χ1v) is 7.30. The molecular formula is C16H24N2. The lowest BCUT2D eigenvalue weighted by Crippen LogP contribution is -2.21. The SMILES string of the molecule is CNCc1cccc(CN2CC3CCCC3C2)c1. The first-order chi connectivity index (χ1) is 8.85. The van der Waals surface area contributed by atoms with Crippen molar-refractivity contribution in [2.24, 2.45) is 11.8 Å². The van der Waals surface area contributed by atoms with Crippen molar-refractivity contribution in [1.29, 1.82) is 0 Å². The first-order valence-electron chi connectivity index (χ1n) is 7.30. The number of rotatable bonds is 4. The molecule has 2 nitrogen and oxygen atoms in total. The Morgan fingerprint density at radius 1 is 1.17 bits per heavy atom. The van der Waals surface area contributed by atoms with Gasteiger partial charge in [0.1, 0.15) is 0 Å². The van der Waals surface area contributed by atoms with Gasteiger partial charge in [-0.15, -0.1) is 0 Å². The molecule has 1 aromatic carbocycles. The molecule has 3 rings (SSSR count). The maximum atomic E-state index is 3.22. The molecule has 0 aromatic heterocycles. The molecule has 2 unspecified atom stereocenters. The summed E-state index contributed by atoms with van der Waals surface area (Å²) >= 11 is 0. The van der Waals surface area contributed by atoms with Crippen molar-refractivity contribution < 1.29 is 0 Å². The van der Waals surface area contributed by atoms with E-state index in [9.17, 15) is 0 Å². The molecule has 0 bridgehead atoms. The number of likely N-dealkylation sites (tertiary alicyclic amines) is 1. The van der Waals surface area contributed by atoms with Gasteiger partial charge in [-0.25, -0.2) is 0 Å². The van der Waals surface area contributed by atoms with Crippen LogP contribution >= 0.6 is 0 Å². The third-order valence-electron chi connectivity index (χ3n) is 4.58. The van der Waals surface area contributed by atoms with Crippen molar-refractivity contribution >= 4 is 0 Å². The number of nitrogens with zero attached hydrogens (tertiary/aromatic N) is 1. The predicted molar refractivity (Wildman–Crippen MR) is 75.3 cm³/mol. The maximum absolute atomic E-state index is 3.22. The van der Waals surface area contributed by atoms with Crippen LogP contribution in [0.5, 0.6) is 0 Å². The normalized spacial score (nSPS) is 27.6. The van der Waals surface area contributed by atoms with Gasteiger partial charge in [-0.2, -0.15) is 0 Å². The van der Waals surface area contributed by atoms with Crippen LogP contribution in [-0.4, -0.2) is 25.0 Å². The van der Waals surface area contributed by atoms with Gasteiger partial charge in [0.15, 0.2) is 0 Å². The van der Waals surface area contributed by atoms with E-state index in [4.69, 9.17) is 0 Å². The monoisotopic (exact) mass is 244 g/mol. The highest BCUT2D eigenvalue weighted by molar-refractivity contribution is 5.23. The summed E-state index contributed by atoms with van der Waals surface area (Å²) in [5, 5.41) is 3.22. The van der Waals surface area contributed by atoms with Crippen LogP contribution in [0.1, 0.15) is 30.4 Å². The lowest BCUT2D eigenvalue weighted by molar-refractivity contribution is 0.303. The molecule has 1 heterocycles. The smallest absolute Gasteiger partial charge is 0.0234 e. The minimum Gasteiger partial charge on any atom is -0.316 e. The van der Waals surface area contributed by atoms with Gasteiger partial charge in [0.25, 0.3) is 0 Å². The molecular weight excluding hydrogens is 220 g/mol. The second-order valence-electron chi connectivity index (χ2n) is 6.00. The zero-order chi connectivity index (χ0) is 12.4. The summed E-state index contributed by atoms with van der Waals surface area (Å²) in [6, 6.07) is 9.02. The fraction of sp³-hybridized carbons (Fsp3) is 0.625. The van der Waals surface area contributed by atoms with Gasteiger partial charge in [-0.3, -0.25) is 4.90 Å². The van der Waals surface area contributed by atoms with Crippen LogP contribution in [0.2, 0.25) is 0 Å². The van der Waals surface area contributed by atoms with E-state index in [1.807, 2.05) is 7.05 Å². The van der Waals surface area contributed by atoms with E-state index in [0.717, 1.165) is 24.9 Å². The summed E-state index contributed by atoms with van der Waals surface area (Å²) < 4.78 is 0. The van der Waals surface area contributed by atoms with Crippen LogP contribution in [-0.2, 0) is 13.1 Å². The Bertz CT molecular complexity index is 390. The molecule has 98 valence electrons. The highest BCUT2D eigenvalue weighted by atomic mass is 15.2. The van der Waals surface area contributed by atoms with Crippen molar-refractivity contribution in [1.82, 2.24) is 10.2 Å². The van der Waals surface area contributed by atoms with Gasteiger partial charge in [-0.05, 0) is 42.9 Å². The van der Waals surface area contributed by atoms with E-state index in [1.54, 1.807) is 0 Å². The van der Waals surface area contributed by atoms with Gasteiger partial charge in [0, 0.05) is 26.2 Å². The first kappa shape index (κ1) is 12.2. The average molecular weight is 244 g/mol. The summed E-state index contributed by atoms with van der Waals surface area (Å²) in [5.74, 6) is 2.01. The second kappa shape index (κ2) is 5.41.